The largest absolute Gasteiger partial charge is 0.497 e. The lowest BCUT2D eigenvalue weighted by Crippen LogP contribution is -2.24. The summed E-state index contributed by atoms with van der Waals surface area (Å²) >= 11 is 0. The molecular weight excluding hydrogens is 386 g/mol. The molecular formula is C23H23NO6. The van der Waals surface area contributed by atoms with Gasteiger partial charge < -0.3 is 24.6 Å². The van der Waals surface area contributed by atoms with Gasteiger partial charge in [0.25, 0.3) is 5.91 Å². The standard InChI is InChI=1S/C23H23NO6/c1-28-15-6-7-16-18(11-15)17-12-21-20(29-13-30-21)10-14(17)9-19(16)23(27)24-8-4-2-3-5-22(25)26/h6-7,9-12H,2-5,8,13H2,1H3,(H,24,27)(H,25,26). The van der Waals surface area contributed by atoms with Crippen molar-refractivity contribution in [1.82, 2.24) is 5.32 Å². The van der Waals surface area contributed by atoms with E-state index in [1.54, 1.807) is 7.11 Å². The summed E-state index contributed by atoms with van der Waals surface area (Å²) in [5.41, 5.74) is 0.574. The molecule has 0 saturated heterocycles. The van der Waals surface area contributed by atoms with Crippen LogP contribution in [-0.2, 0) is 4.79 Å². The number of carbonyl (C=O) groups is 2. The highest BCUT2D eigenvalue weighted by Gasteiger charge is 2.19. The number of hydrogen-bond acceptors (Lipinski definition) is 5. The van der Waals surface area contributed by atoms with Gasteiger partial charge in [0.2, 0.25) is 6.79 Å². The van der Waals surface area contributed by atoms with Crippen molar-refractivity contribution in [2.75, 3.05) is 20.4 Å². The minimum absolute atomic E-state index is 0.154. The van der Waals surface area contributed by atoms with E-state index in [1.165, 1.54) is 0 Å². The summed E-state index contributed by atoms with van der Waals surface area (Å²) in [6, 6.07) is 11.3. The molecule has 3 aromatic rings. The quantitative estimate of drug-likeness (QED) is 0.430. The first-order chi connectivity index (χ1) is 14.6. The number of amides is 1. The molecule has 7 heteroatoms. The Hall–Kier alpha value is -3.48. The van der Waals surface area contributed by atoms with E-state index in [1.807, 2.05) is 36.4 Å². The highest BCUT2D eigenvalue weighted by Crippen LogP contribution is 2.40. The van der Waals surface area contributed by atoms with Crippen molar-refractivity contribution in [3.63, 3.8) is 0 Å². The van der Waals surface area contributed by atoms with Gasteiger partial charge in [0.15, 0.2) is 11.5 Å². The van der Waals surface area contributed by atoms with E-state index in [0.717, 1.165) is 34.4 Å². The minimum atomic E-state index is -0.794. The van der Waals surface area contributed by atoms with E-state index in [2.05, 4.69) is 5.32 Å². The number of carboxylic acids is 1. The van der Waals surface area contributed by atoms with E-state index in [9.17, 15) is 9.59 Å². The first kappa shape index (κ1) is 19.8. The van der Waals surface area contributed by atoms with E-state index >= 15 is 0 Å². The highest BCUT2D eigenvalue weighted by molar-refractivity contribution is 6.18. The number of fused-ring (bicyclic) bond motifs is 4. The number of hydrogen-bond donors (Lipinski definition) is 2. The fraction of sp³-hybridized carbons (Fsp3) is 0.304. The molecule has 156 valence electrons. The summed E-state index contributed by atoms with van der Waals surface area (Å²) in [6.07, 6.45) is 2.25. The summed E-state index contributed by atoms with van der Waals surface area (Å²) in [7, 11) is 1.61. The van der Waals surface area contributed by atoms with Gasteiger partial charge in [-0.2, -0.15) is 0 Å². The topological polar surface area (TPSA) is 94.1 Å². The summed E-state index contributed by atoms with van der Waals surface area (Å²) in [5.74, 6) is 1.10. The Bertz CT molecular complexity index is 1120. The van der Waals surface area contributed by atoms with Crippen LogP contribution in [0.3, 0.4) is 0 Å². The van der Waals surface area contributed by atoms with Crippen molar-refractivity contribution >= 4 is 33.4 Å². The maximum absolute atomic E-state index is 12.9. The Morgan fingerprint density at radius 2 is 1.80 bits per heavy atom. The van der Waals surface area contributed by atoms with Crippen LogP contribution in [0.2, 0.25) is 0 Å². The molecule has 4 rings (SSSR count). The summed E-state index contributed by atoms with van der Waals surface area (Å²) in [5, 5.41) is 15.2. The van der Waals surface area contributed by atoms with Crippen molar-refractivity contribution in [2.24, 2.45) is 0 Å². The van der Waals surface area contributed by atoms with Crippen LogP contribution in [0.4, 0.5) is 0 Å². The molecule has 0 radical (unpaired) electrons. The monoisotopic (exact) mass is 409 g/mol. The molecule has 1 amide bonds. The Morgan fingerprint density at radius 3 is 2.57 bits per heavy atom. The van der Waals surface area contributed by atoms with Gasteiger partial charge in [0, 0.05) is 18.5 Å². The molecule has 0 saturated carbocycles. The number of nitrogens with one attached hydrogen (secondary N) is 1. The number of aliphatic carboxylic acids is 1. The second-order valence-electron chi connectivity index (χ2n) is 7.22. The molecule has 1 aliphatic rings. The van der Waals surface area contributed by atoms with Gasteiger partial charge in [0.1, 0.15) is 5.75 Å². The molecule has 7 nitrogen and oxygen atoms in total. The minimum Gasteiger partial charge on any atom is -0.497 e. The van der Waals surface area contributed by atoms with E-state index in [-0.39, 0.29) is 19.1 Å². The van der Waals surface area contributed by atoms with E-state index in [4.69, 9.17) is 19.3 Å². The lowest BCUT2D eigenvalue weighted by molar-refractivity contribution is -0.137. The van der Waals surface area contributed by atoms with Crippen molar-refractivity contribution < 1.29 is 28.9 Å². The molecule has 2 N–H and O–H groups in total. The number of rotatable bonds is 8. The zero-order valence-corrected chi connectivity index (χ0v) is 16.7. The fourth-order valence-electron chi connectivity index (χ4n) is 3.71. The smallest absolute Gasteiger partial charge is 0.303 e. The van der Waals surface area contributed by atoms with Gasteiger partial charge in [-0.3, -0.25) is 9.59 Å². The molecule has 1 aliphatic heterocycles. The Balaban J connectivity index is 1.64. The molecule has 0 bridgehead atoms. The molecule has 0 atom stereocenters. The van der Waals surface area contributed by atoms with Crippen molar-refractivity contribution in [3.8, 4) is 17.2 Å². The normalized spacial score (nSPS) is 12.3. The van der Waals surface area contributed by atoms with Crippen LogP contribution in [0.15, 0.2) is 36.4 Å². The van der Waals surface area contributed by atoms with Crippen LogP contribution < -0.4 is 19.5 Å². The van der Waals surface area contributed by atoms with Gasteiger partial charge >= 0.3 is 5.97 Å². The van der Waals surface area contributed by atoms with Crippen LogP contribution in [0.25, 0.3) is 21.5 Å². The molecule has 0 fully saturated rings. The molecule has 0 aromatic heterocycles. The number of carboxylic acid groups (broad SMARTS) is 1. The number of unbranched alkanes of at least 4 members (excludes halogenated alkanes) is 2. The zero-order valence-electron chi connectivity index (χ0n) is 16.7. The predicted molar refractivity (Wildman–Crippen MR) is 113 cm³/mol. The van der Waals surface area contributed by atoms with Gasteiger partial charge in [-0.25, -0.2) is 0 Å². The molecule has 0 aliphatic carbocycles. The predicted octanol–water partition coefficient (Wildman–Crippen LogP) is 4.11. The van der Waals surface area contributed by atoms with Crippen molar-refractivity contribution in [2.45, 2.75) is 25.7 Å². The van der Waals surface area contributed by atoms with Crippen LogP contribution in [0.1, 0.15) is 36.0 Å². The van der Waals surface area contributed by atoms with E-state index in [0.29, 0.717) is 35.8 Å². The van der Waals surface area contributed by atoms with Crippen molar-refractivity contribution in [3.05, 3.63) is 42.0 Å². The Kier molecular flexibility index (Phi) is 5.61. The van der Waals surface area contributed by atoms with Gasteiger partial charge in [0.05, 0.1) is 7.11 Å². The van der Waals surface area contributed by atoms with Gasteiger partial charge in [-0.1, -0.05) is 6.42 Å². The summed E-state index contributed by atoms with van der Waals surface area (Å²) in [4.78, 5) is 23.5. The second kappa shape index (κ2) is 8.49. The van der Waals surface area contributed by atoms with Gasteiger partial charge in [-0.15, -0.1) is 0 Å². The average molecular weight is 409 g/mol. The zero-order chi connectivity index (χ0) is 21.1. The second-order valence-corrected chi connectivity index (χ2v) is 7.22. The van der Waals surface area contributed by atoms with Crippen molar-refractivity contribution in [1.29, 1.82) is 0 Å². The lowest BCUT2D eigenvalue weighted by atomic mass is 9.96. The first-order valence-corrected chi connectivity index (χ1v) is 9.91. The molecule has 0 spiro atoms. The third-order valence-corrected chi connectivity index (χ3v) is 5.25. The summed E-state index contributed by atoms with van der Waals surface area (Å²) < 4.78 is 16.4. The molecule has 1 heterocycles. The number of ether oxygens (including phenoxy) is 3. The number of methoxy groups -OCH3 is 1. The Morgan fingerprint density at radius 1 is 1.00 bits per heavy atom. The number of benzene rings is 3. The molecule has 3 aromatic carbocycles. The summed E-state index contributed by atoms with van der Waals surface area (Å²) in [6.45, 7) is 0.678. The average Bonchev–Trinajstić information content (AvgIpc) is 3.20. The SMILES string of the molecule is COc1ccc2c(C(=O)NCCCCCC(=O)O)cc3cc4c(cc3c2c1)OCO4. The lowest BCUT2D eigenvalue weighted by Gasteiger charge is -2.13. The number of carbonyl (C=O) groups excluding carboxylic acids is 1. The Labute approximate surface area is 173 Å². The van der Waals surface area contributed by atoms with Crippen LogP contribution >= 0.6 is 0 Å². The maximum atomic E-state index is 12.9. The highest BCUT2D eigenvalue weighted by atomic mass is 16.7. The van der Waals surface area contributed by atoms with Crippen LogP contribution in [0.5, 0.6) is 17.2 Å². The van der Waals surface area contributed by atoms with Crippen LogP contribution in [0, 0.1) is 0 Å². The fourth-order valence-corrected chi connectivity index (χ4v) is 3.71. The third-order valence-electron chi connectivity index (χ3n) is 5.25. The maximum Gasteiger partial charge on any atom is 0.303 e. The molecule has 0 unspecified atom stereocenters. The third kappa shape index (κ3) is 3.96. The first-order valence-electron chi connectivity index (χ1n) is 9.91. The molecule has 30 heavy (non-hydrogen) atoms. The van der Waals surface area contributed by atoms with E-state index < -0.39 is 5.97 Å². The van der Waals surface area contributed by atoms with Gasteiger partial charge in [-0.05, 0) is 70.8 Å². The van der Waals surface area contributed by atoms with Crippen LogP contribution in [-0.4, -0.2) is 37.4 Å².